The molecule has 3 nitrogen and oxygen atoms in total. The molecule has 0 atom stereocenters. The summed E-state index contributed by atoms with van der Waals surface area (Å²) < 4.78 is 0. The van der Waals surface area contributed by atoms with Crippen LogP contribution in [0.1, 0.15) is 24.5 Å². The molecule has 0 aliphatic heterocycles. The second kappa shape index (κ2) is 5.98. The summed E-state index contributed by atoms with van der Waals surface area (Å²) in [5.41, 5.74) is 5.42. The van der Waals surface area contributed by atoms with Crippen molar-refractivity contribution in [3.63, 3.8) is 0 Å². The highest BCUT2D eigenvalue weighted by atomic mass is 15.0. The van der Waals surface area contributed by atoms with Crippen molar-refractivity contribution in [3.05, 3.63) is 66.5 Å². The van der Waals surface area contributed by atoms with Gasteiger partial charge in [0.05, 0.1) is 5.52 Å². The van der Waals surface area contributed by atoms with Crippen molar-refractivity contribution in [2.75, 3.05) is 5.32 Å². The van der Waals surface area contributed by atoms with Crippen molar-refractivity contribution in [2.45, 2.75) is 20.3 Å². The Hall–Kier alpha value is -2.68. The van der Waals surface area contributed by atoms with Gasteiger partial charge in [-0.05, 0) is 54.3 Å². The van der Waals surface area contributed by atoms with Gasteiger partial charge in [0.15, 0.2) is 0 Å². The van der Waals surface area contributed by atoms with Gasteiger partial charge in [-0.3, -0.25) is 0 Å². The van der Waals surface area contributed by atoms with E-state index in [0.29, 0.717) is 0 Å². The molecule has 0 bridgehead atoms. The minimum atomic E-state index is 0.821. The number of hydrogen-bond donors (Lipinski definition) is 1. The molecule has 0 fully saturated rings. The van der Waals surface area contributed by atoms with Crippen molar-refractivity contribution >= 4 is 28.0 Å². The third-order valence-electron chi connectivity index (χ3n) is 3.75. The average molecular weight is 289 g/mol. The number of nitrogens with one attached hydrogen (secondary N) is 1. The van der Waals surface area contributed by atoms with E-state index in [9.17, 15) is 0 Å². The number of rotatable bonds is 4. The van der Waals surface area contributed by atoms with Gasteiger partial charge in [0.1, 0.15) is 12.1 Å². The Bertz CT molecular complexity index is 837. The minimum Gasteiger partial charge on any atom is -0.340 e. The highest BCUT2D eigenvalue weighted by molar-refractivity contribution is 5.92. The molecular weight excluding hydrogens is 270 g/mol. The Labute approximate surface area is 130 Å². The molecule has 1 N–H and O–H groups in total. The topological polar surface area (TPSA) is 37.8 Å². The number of anilines is 2. The van der Waals surface area contributed by atoms with Crippen LogP contribution in [0.4, 0.5) is 11.5 Å². The monoisotopic (exact) mass is 289 g/mol. The summed E-state index contributed by atoms with van der Waals surface area (Å²) in [7, 11) is 0. The number of benzene rings is 2. The summed E-state index contributed by atoms with van der Waals surface area (Å²) in [5.74, 6) is 0.821. The van der Waals surface area contributed by atoms with Crippen LogP contribution in [0.15, 0.2) is 55.4 Å². The second-order valence-electron chi connectivity index (χ2n) is 5.41. The fourth-order valence-electron chi connectivity index (χ4n) is 2.44. The lowest BCUT2D eigenvalue weighted by Crippen LogP contribution is -1.97. The van der Waals surface area contributed by atoms with Gasteiger partial charge in [-0.15, -0.1) is 0 Å². The molecular formula is C19H19N3. The van der Waals surface area contributed by atoms with Crippen LogP contribution in [0, 0.1) is 6.92 Å². The third kappa shape index (κ3) is 2.84. The van der Waals surface area contributed by atoms with E-state index in [1.807, 2.05) is 18.2 Å². The molecule has 110 valence electrons. The maximum Gasteiger partial charge on any atom is 0.141 e. The normalized spacial score (nSPS) is 10.6. The zero-order chi connectivity index (χ0) is 15.5. The van der Waals surface area contributed by atoms with E-state index in [4.69, 9.17) is 0 Å². The first kappa shape index (κ1) is 14.3. The molecule has 0 amide bonds. The maximum atomic E-state index is 4.41. The van der Waals surface area contributed by atoms with Crippen molar-refractivity contribution in [1.29, 1.82) is 0 Å². The van der Waals surface area contributed by atoms with Crippen molar-refractivity contribution in [1.82, 2.24) is 9.97 Å². The van der Waals surface area contributed by atoms with Crippen LogP contribution in [0.25, 0.3) is 16.5 Å². The molecule has 3 rings (SSSR count). The number of hydrogen-bond acceptors (Lipinski definition) is 3. The van der Waals surface area contributed by atoms with E-state index in [1.54, 1.807) is 6.33 Å². The lowest BCUT2D eigenvalue weighted by atomic mass is 10.0. The van der Waals surface area contributed by atoms with Gasteiger partial charge in [-0.1, -0.05) is 31.7 Å². The zero-order valence-electron chi connectivity index (χ0n) is 12.9. The molecule has 1 aromatic heterocycles. The Morgan fingerprint density at radius 2 is 2.00 bits per heavy atom. The Balaban J connectivity index is 2.06. The van der Waals surface area contributed by atoms with Gasteiger partial charge in [-0.2, -0.15) is 0 Å². The molecule has 0 radical (unpaired) electrons. The molecule has 0 saturated heterocycles. The summed E-state index contributed by atoms with van der Waals surface area (Å²) in [6, 6.07) is 14.4. The van der Waals surface area contributed by atoms with Gasteiger partial charge in [0, 0.05) is 11.1 Å². The molecule has 0 aliphatic rings. The Morgan fingerprint density at radius 3 is 2.77 bits per heavy atom. The first-order valence-corrected chi connectivity index (χ1v) is 7.44. The number of aryl methyl sites for hydroxylation is 1. The molecule has 1 heterocycles. The van der Waals surface area contributed by atoms with Gasteiger partial charge < -0.3 is 5.32 Å². The summed E-state index contributed by atoms with van der Waals surface area (Å²) >= 11 is 0. The largest absolute Gasteiger partial charge is 0.340 e. The average Bonchev–Trinajstić information content (AvgIpc) is 2.54. The third-order valence-corrected chi connectivity index (χ3v) is 3.75. The molecule has 22 heavy (non-hydrogen) atoms. The number of aromatic nitrogens is 2. The Morgan fingerprint density at radius 1 is 1.14 bits per heavy atom. The second-order valence-corrected chi connectivity index (χ2v) is 5.41. The molecule has 0 saturated carbocycles. The molecule has 3 aromatic rings. The highest BCUT2D eigenvalue weighted by Gasteiger charge is 2.06. The maximum absolute atomic E-state index is 4.41. The van der Waals surface area contributed by atoms with E-state index in [2.05, 4.69) is 60.0 Å². The van der Waals surface area contributed by atoms with Crippen molar-refractivity contribution < 1.29 is 0 Å². The molecule has 0 spiro atoms. The SMILES string of the molecule is C=C(CC)c1ccc2ncnc(Nc3cccc(C)c3)c2c1. The smallest absolute Gasteiger partial charge is 0.141 e. The predicted molar refractivity (Wildman–Crippen MR) is 93.3 cm³/mol. The van der Waals surface area contributed by atoms with Crippen LogP contribution in [0.5, 0.6) is 0 Å². The van der Waals surface area contributed by atoms with Crippen LogP contribution in [-0.4, -0.2) is 9.97 Å². The van der Waals surface area contributed by atoms with E-state index < -0.39 is 0 Å². The van der Waals surface area contributed by atoms with Gasteiger partial charge in [0.2, 0.25) is 0 Å². The summed E-state index contributed by atoms with van der Waals surface area (Å²) in [4.78, 5) is 8.75. The molecule has 0 aliphatic carbocycles. The lowest BCUT2D eigenvalue weighted by Gasteiger charge is -2.10. The fraction of sp³-hybridized carbons (Fsp3) is 0.158. The van der Waals surface area contributed by atoms with Crippen LogP contribution >= 0.6 is 0 Å². The summed E-state index contributed by atoms with van der Waals surface area (Å²) in [6.07, 6.45) is 2.52. The number of allylic oxidation sites excluding steroid dienone is 1. The Kier molecular flexibility index (Phi) is 3.88. The molecule has 0 unspecified atom stereocenters. The van der Waals surface area contributed by atoms with Gasteiger partial charge in [-0.25, -0.2) is 9.97 Å². The van der Waals surface area contributed by atoms with Crippen LogP contribution in [-0.2, 0) is 0 Å². The zero-order valence-corrected chi connectivity index (χ0v) is 12.9. The molecule has 2 aromatic carbocycles. The lowest BCUT2D eigenvalue weighted by molar-refractivity contribution is 1.21. The van der Waals surface area contributed by atoms with Crippen LogP contribution in [0.3, 0.4) is 0 Å². The summed E-state index contributed by atoms with van der Waals surface area (Å²) in [6.45, 7) is 8.30. The van der Waals surface area contributed by atoms with E-state index >= 15 is 0 Å². The summed E-state index contributed by atoms with van der Waals surface area (Å²) in [5, 5.41) is 4.40. The first-order chi connectivity index (χ1) is 10.7. The highest BCUT2D eigenvalue weighted by Crippen LogP contribution is 2.27. The first-order valence-electron chi connectivity index (χ1n) is 7.44. The quantitative estimate of drug-likeness (QED) is 0.725. The van der Waals surface area contributed by atoms with Crippen LogP contribution < -0.4 is 5.32 Å². The number of nitrogens with zero attached hydrogens (tertiary/aromatic N) is 2. The minimum absolute atomic E-state index is 0.821. The number of fused-ring (bicyclic) bond motifs is 1. The van der Waals surface area contributed by atoms with E-state index in [1.165, 1.54) is 5.56 Å². The molecule has 3 heteroatoms. The van der Waals surface area contributed by atoms with E-state index in [-0.39, 0.29) is 0 Å². The van der Waals surface area contributed by atoms with Gasteiger partial charge >= 0.3 is 0 Å². The predicted octanol–water partition coefficient (Wildman–Crippen LogP) is 5.11. The van der Waals surface area contributed by atoms with E-state index in [0.717, 1.165) is 40.0 Å². The van der Waals surface area contributed by atoms with Crippen molar-refractivity contribution in [2.24, 2.45) is 0 Å². The van der Waals surface area contributed by atoms with Crippen molar-refractivity contribution in [3.8, 4) is 0 Å². The fourth-order valence-corrected chi connectivity index (χ4v) is 2.44. The standard InChI is InChI=1S/C19H19N3/c1-4-14(3)15-8-9-18-17(11-15)19(21-12-20-18)22-16-7-5-6-13(2)10-16/h5-12H,3-4H2,1-2H3,(H,20,21,22). The van der Waals surface area contributed by atoms with Gasteiger partial charge in [0.25, 0.3) is 0 Å². The van der Waals surface area contributed by atoms with Crippen LogP contribution in [0.2, 0.25) is 0 Å².